The lowest BCUT2D eigenvalue weighted by Gasteiger charge is -2.33. The molecule has 0 spiro atoms. The van der Waals surface area contributed by atoms with Crippen LogP contribution in [-0.2, 0) is 6.42 Å². The summed E-state index contributed by atoms with van der Waals surface area (Å²) in [6, 6.07) is 8.13. The summed E-state index contributed by atoms with van der Waals surface area (Å²) in [5.74, 6) is 1.87. The van der Waals surface area contributed by atoms with Gasteiger partial charge in [0.25, 0.3) is 0 Å². The lowest BCUT2D eigenvalue weighted by Crippen LogP contribution is -2.34. The minimum absolute atomic E-state index is 0.0816. The molecule has 0 radical (unpaired) electrons. The number of aromatic hydroxyl groups is 1. The lowest BCUT2D eigenvalue weighted by atomic mass is 9.93. The van der Waals surface area contributed by atoms with Crippen LogP contribution in [0.2, 0.25) is 0 Å². The van der Waals surface area contributed by atoms with Gasteiger partial charge in [-0.25, -0.2) is 9.97 Å². The molecule has 0 unspecified atom stereocenters. The third kappa shape index (κ3) is 3.90. The number of anilines is 1. The Balaban J connectivity index is 1.61. The molecule has 1 saturated heterocycles. The summed E-state index contributed by atoms with van der Waals surface area (Å²) in [6.07, 6.45) is 3.41. The summed E-state index contributed by atoms with van der Waals surface area (Å²) < 4.78 is 5.20. The number of benzene rings is 1. The van der Waals surface area contributed by atoms with Gasteiger partial charge in [-0.2, -0.15) is 0 Å². The Morgan fingerprint density at radius 1 is 1.24 bits per heavy atom. The van der Waals surface area contributed by atoms with Gasteiger partial charge in [0, 0.05) is 25.2 Å². The van der Waals surface area contributed by atoms with E-state index in [-0.39, 0.29) is 11.4 Å². The van der Waals surface area contributed by atoms with Gasteiger partial charge < -0.3 is 14.7 Å². The van der Waals surface area contributed by atoms with Gasteiger partial charge in [-0.15, -0.1) is 0 Å². The molecular formula is C19H23N3O3. The largest absolute Gasteiger partial charge is 0.504 e. The molecule has 0 atom stereocenters. The quantitative estimate of drug-likeness (QED) is 0.843. The van der Waals surface area contributed by atoms with Crippen molar-refractivity contribution < 1.29 is 14.6 Å². The molecule has 1 N–H and O–H groups in total. The van der Waals surface area contributed by atoms with Crippen LogP contribution in [0.1, 0.15) is 34.8 Å². The molecule has 1 aromatic heterocycles. The molecule has 0 aliphatic carbocycles. The Kier molecular flexibility index (Phi) is 5.16. The SMILES string of the molecule is COc1ccc(N2CCC(Cc3nc(C)c(O)c(C=O)n3)CC2)cc1. The number of ether oxygens (including phenoxy) is 1. The van der Waals surface area contributed by atoms with Crippen molar-refractivity contribution in [3.05, 3.63) is 41.5 Å². The Morgan fingerprint density at radius 3 is 2.52 bits per heavy atom. The van der Waals surface area contributed by atoms with Crippen LogP contribution in [0.3, 0.4) is 0 Å². The highest BCUT2D eigenvalue weighted by molar-refractivity contribution is 5.76. The maximum absolute atomic E-state index is 11.0. The van der Waals surface area contributed by atoms with Crippen LogP contribution in [0.4, 0.5) is 5.69 Å². The van der Waals surface area contributed by atoms with Gasteiger partial charge in [-0.1, -0.05) is 0 Å². The predicted octanol–water partition coefficient (Wildman–Crippen LogP) is 2.77. The van der Waals surface area contributed by atoms with Crippen LogP contribution in [-0.4, -0.2) is 41.6 Å². The second kappa shape index (κ2) is 7.51. The van der Waals surface area contributed by atoms with Gasteiger partial charge in [-0.05, 0) is 49.9 Å². The molecular weight excluding hydrogens is 318 g/mol. The van der Waals surface area contributed by atoms with E-state index in [1.54, 1.807) is 14.0 Å². The number of nitrogens with zero attached hydrogens (tertiary/aromatic N) is 3. The minimum Gasteiger partial charge on any atom is -0.504 e. The van der Waals surface area contributed by atoms with Gasteiger partial charge in [0.2, 0.25) is 0 Å². The summed E-state index contributed by atoms with van der Waals surface area (Å²) in [5, 5.41) is 9.75. The number of rotatable bonds is 5. The van der Waals surface area contributed by atoms with Crippen molar-refractivity contribution in [3.63, 3.8) is 0 Å². The van der Waals surface area contributed by atoms with E-state index in [9.17, 15) is 9.90 Å². The topological polar surface area (TPSA) is 75.6 Å². The minimum atomic E-state index is -0.118. The fourth-order valence-electron chi connectivity index (χ4n) is 3.27. The number of hydrogen-bond donors (Lipinski definition) is 1. The van der Waals surface area contributed by atoms with Crippen LogP contribution in [0.15, 0.2) is 24.3 Å². The molecule has 1 aromatic carbocycles. The first-order valence-corrected chi connectivity index (χ1v) is 8.51. The lowest BCUT2D eigenvalue weighted by molar-refractivity contribution is 0.111. The zero-order chi connectivity index (χ0) is 17.8. The summed E-state index contributed by atoms with van der Waals surface area (Å²) in [5.41, 5.74) is 1.75. The van der Waals surface area contributed by atoms with Crippen LogP contribution < -0.4 is 9.64 Å². The average molecular weight is 341 g/mol. The first kappa shape index (κ1) is 17.2. The Morgan fingerprint density at radius 2 is 1.92 bits per heavy atom. The van der Waals surface area contributed by atoms with E-state index in [1.165, 1.54) is 5.69 Å². The normalized spacial score (nSPS) is 15.2. The van der Waals surface area contributed by atoms with Gasteiger partial charge in [0.1, 0.15) is 17.3 Å². The number of aldehydes is 1. The highest BCUT2D eigenvalue weighted by atomic mass is 16.5. The zero-order valence-corrected chi connectivity index (χ0v) is 14.6. The number of hydrogen-bond acceptors (Lipinski definition) is 6. The number of aromatic nitrogens is 2. The van der Waals surface area contributed by atoms with Crippen LogP contribution in [0.5, 0.6) is 11.5 Å². The van der Waals surface area contributed by atoms with Crippen molar-refractivity contribution in [2.45, 2.75) is 26.2 Å². The molecule has 0 amide bonds. The molecule has 1 aliphatic rings. The number of piperidine rings is 1. The summed E-state index contributed by atoms with van der Waals surface area (Å²) in [7, 11) is 1.67. The van der Waals surface area contributed by atoms with Crippen LogP contribution >= 0.6 is 0 Å². The highest BCUT2D eigenvalue weighted by Gasteiger charge is 2.21. The zero-order valence-electron chi connectivity index (χ0n) is 14.6. The molecule has 2 heterocycles. The van der Waals surface area contributed by atoms with E-state index in [2.05, 4.69) is 27.0 Å². The van der Waals surface area contributed by atoms with E-state index in [4.69, 9.17) is 4.74 Å². The van der Waals surface area contributed by atoms with E-state index in [0.717, 1.165) is 38.1 Å². The summed E-state index contributed by atoms with van der Waals surface area (Å²) in [6.45, 7) is 3.66. The third-order valence-corrected chi connectivity index (χ3v) is 4.77. The predicted molar refractivity (Wildman–Crippen MR) is 95.5 cm³/mol. The van der Waals surface area contributed by atoms with Gasteiger partial charge in [-0.3, -0.25) is 4.79 Å². The van der Waals surface area contributed by atoms with Gasteiger partial charge in [0.15, 0.2) is 12.0 Å². The van der Waals surface area contributed by atoms with Crippen LogP contribution in [0, 0.1) is 12.8 Å². The van der Waals surface area contributed by atoms with Gasteiger partial charge in [0.05, 0.1) is 12.8 Å². The highest BCUT2D eigenvalue weighted by Crippen LogP contribution is 2.27. The Hall–Kier alpha value is -2.63. The van der Waals surface area contributed by atoms with Gasteiger partial charge >= 0.3 is 0 Å². The molecule has 6 heteroatoms. The Bertz CT molecular complexity index is 738. The smallest absolute Gasteiger partial charge is 0.172 e. The number of carbonyl (C=O) groups is 1. The second-order valence-corrected chi connectivity index (χ2v) is 6.41. The molecule has 2 aromatic rings. The Labute approximate surface area is 147 Å². The van der Waals surface area contributed by atoms with Crippen molar-refractivity contribution in [2.24, 2.45) is 5.92 Å². The standard InChI is InChI=1S/C19H23N3O3/c1-13-19(24)17(12-23)21-18(20-13)11-14-7-9-22(10-8-14)15-3-5-16(25-2)6-4-15/h3-6,12,14,24H,7-11H2,1-2H3. The van der Waals surface area contributed by atoms with Crippen molar-refractivity contribution in [1.82, 2.24) is 9.97 Å². The first-order valence-electron chi connectivity index (χ1n) is 8.51. The third-order valence-electron chi connectivity index (χ3n) is 4.77. The number of aryl methyl sites for hydroxylation is 1. The monoisotopic (exact) mass is 341 g/mol. The molecule has 3 rings (SSSR count). The van der Waals surface area contributed by atoms with Crippen molar-refractivity contribution >= 4 is 12.0 Å². The maximum Gasteiger partial charge on any atom is 0.172 e. The molecule has 132 valence electrons. The van der Waals surface area contributed by atoms with E-state index < -0.39 is 0 Å². The maximum atomic E-state index is 11.0. The fraction of sp³-hybridized carbons (Fsp3) is 0.421. The fourth-order valence-corrected chi connectivity index (χ4v) is 3.27. The van der Waals surface area contributed by atoms with E-state index in [0.29, 0.717) is 23.7 Å². The summed E-state index contributed by atoms with van der Waals surface area (Å²) >= 11 is 0. The second-order valence-electron chi connectivity index (χ2n) is 6.41. The van der Waals surface area contributed by atoms with E-state index >= 15 is 0 Å². The number of carbonyl (C=O) groups excluding carboxylic acids is 1. The number of methoxy groups -OCH3 is 1. The molecule has 0 saturated carbocycles. The first-order chi connectivity index (χ1) is 12.1. The van der Waals surface area contributed by atoms with Crippen molar-refractivity contribution in [1.29, 1.82) is 0 Å². The van der Waals surface area contributed by atoms with E-state index in [1.807, 2.05) is 12.1 Å². The molecule has 0 bridgehead atoms. The van der Waals surface area contributed by atoms with Crippen LogP contribution in [0.25, 0.3) is 0 Å². The van der Waals surface area contributed by atoms with Crippen molar-refractivity contribution in [3.8, 4) is 11.5 Å². The molecule has 1 aliphatic heterocycles. The van der Waals surface area contributed by atoms with Crippen molar-refractivity contribution in [2.75, 3.05) is 25.1 Å². The molecule has 6 nitrogen and oxygen atoms in total. The molecule has 1 fully saturated rings. The summed E-state index contributed by atoms with van der Waals surface area (Å²) in [4.78, 5) is 21.9. The average Bonchev–Trinajstić information content (AvgIpc) is 2.65. The molecule has 25 heavy (non-hydrogen) atoms.